The van der Waals surface area contributed by atoms with E-state index in [0.717, 1.165) is 25.1 Å². The number of aromatic nitrogens is 2. The lowest BCUT2D eigenvalue weighted by molar-refractivity contribution is -0.120. The molecule has 0 bridgehead atoms. The molecule has 1 aromatic rings. The van der Waals surface area contributed by atoms with Gasteiger partial charge in [-0.1, -0.05) is 13.3 Å². The van der Waals surface area contributed by atoms with E-state index in [-0.39, 0.29) is 5.91 Å². The molecule has 0 fully saturated rings. The van der Waals surface area contributed by atoms with E-state index in [1.165, 1.54) is 0 Å². The van der Waals surface area contributed by atoms with Crippen molar-refractivity contribution in [1.82, 2.24) is 20.4 Å². The topological polar surface area (TPSA) is 59.0 Å². The van der Waals surface area contributed by atoms with Crippen LogP contribution in [0.2, 0.25) is 0 Å². The van der Waals surface area contributed by atoms with Gasteiger partial charge in [0.25, 0.3) is 0 Å². The second kappa shape index (κ2) is 7.00. The number of rotatable bonds is 7. The molecule has 1 heterocycles. The van der Waals surface area contributed by atoms with Crippen LogP contribution in [0, 0.1) is 0 Å². The third-order valence-corrected chi connectivity index (χ3v) is 2.37. The van der Waals surface area contributed by atoms with Gasteiger partial charge in [-0.15, -0.1) is 0 Å². The Kier molecular flexibility index (Phi) is 5.56. The van der Waals surface area contributed by atoms with Gasteiger partial charge in [0.15, 0.2) is 0 Å². The maximum Gasteiger partial charge on any atom is 0.233 e. The molecule has 0 spiro atoms. The predicted octanol–water partition coefficient (Wildman–Crippen LogP) is 0.426. The number of hydrogen-bond donors (Lipinski definition) is 2. The minimum atomic E-state index is 0.0515. The summed E-state index contributed by atoms with van der Waals surface area (Å²) in [6, 6.07) is 1.93. The molecule has 0 aromatic carbocycles. The van der Waals surface area contributed by atoms with Crippen molar-refractivity contribution in [2.24, 2.45) is 7.05 Å². The molecule has 5 nitrogen and oxygen atoms in total. The largest absolute Gasteiger partial charge is 0.355 e. The van der Waals surface area contributed by atoms with Gasteiger partial charge >= 0.3 is 0 Å². The van der Waals surface area contributed by atoms with Crippen LogP contribution in [0.15, 0.2) is 12.3 Å². The Balaban J connectivity index is 2.11. The van der Waals surface area contributed by atoms with Gasteiger partial charge in [0.05, 0.1) is 12.2 Å². The highest BCUT2D eigenvalue weighted by atomic mass is 16.1. The van der Waals surface area contributed by atoms with Crippen LogP contribution in [0.3, 0.4) is 0 Å². The summed E-state index contributed by atoms with van der Waals surface area (Å²) in [5.74, 6) is 0.0515. The van der Waals surface area contributed by atoms with E-state index in [0.29, 0.717) is 13.1 Å². The minimum absolute atomic E-state index is 0.0515. The summed E-state index contributed by atoms with van der Waals surface area (Å²) in [7, 11) is 1.89. The molecule has 0 saturated carbocycles. The summed E-state index contributed by atoms with van der Waals surface area (Å²) in [6.45, 7) is 3.89. The summed E-state index contributed by atoms with van der Waals surface area (Å²) in [5, 5.41) is 9.99. The van der Waals surface area contributed by atoms with Crippen molar-refractivity contribution < 1.29 is 4.79 Å². The Labute approximate surface area is 96.2 Å². The Bertz CT molecular complexity index is 322. The van der Waals surface area contributed by atoms with Crippen molar-refractivity contribution in [3.63, 3.8) is 0 Å². The number of unbranched alkanes of at least 4 members (excludes halogenated alkanes) is 1. The highest BCUT2D eigenvalue weighted by molar-refractivity contribution is 5.77. The van der Waals surface area contributed by atoms with E-state index >= 15 is 0 Å². The highest BCUT2D eigenvalue weighted by Gasteiger charge is 2.01. The van der Waals surface area contributed by atoms with Crippen LogP contribution in [-0.2, 0) is 18.4 Å². The van der Waals surface area contributed by atoms with Crippen LogP contribution in [0.1, 0.15) is 25.5 Å². The molecular weight excluding hydrogens is 204 g/mol. The lowest BCUT2D eigenvalue weighted by atomic mass is 10.3. The molecule has 0 saturated heterocycles. The van der Waals surface area contributed by atoms with Crippen LogP contribution in [0.25, 0.3) is 0 Å². The van der Waals surface area contributed by atoms with Crippen molar-refractivity contribution in [3.8, 4) is 0 Å². The molecule has 0 aliphatic carbocycles. The summed E-state index contributed by atoms with van der Waals surface area (Å²) in [5.41, 5.74) is 1.07. The zero-order valence-corrected chi connectivity index (χ0v) is 9.99. The SMILES string of the molecule is CCCCNC(=O)CNCc1ccnn1C. The highest BCUT2D eigenvalue weighted by Crippen LogP contribution is 1.94. The molecule has 5 heteroatoms. The summed E-state index contributed by atoms with van der Waals surface area (Å²) in [4.78, 5) is 11.3. The van der Waals surface area contributed by atoms with Gasteiger partial charge in [-0.25, -0.2) is 0 Å². The van der Waals surface area contributed by atoms with Crippen LogP contribution >= 0.6 is 0 Å². The van der Waals surface area contributed by atoms with Crippen LogP contribution in [-0.4, -0.2) is 28.8 Å². The lowest BCUT2D eigenvalue weighted by Gasteiger charge is -2.06. The summed E-state index contributed by atoms with van der Waals surface area (Å²) < 4.78 is 1.79. The van der Waals surface area contributed by atoms with Crippen LogP contribution < -0.4 is 10.6 Å². The quantitative estimate of drug-likeness (QED) is 0.660. The monoisotopic (exact) mass is 224 g/mol. The number of amides is 1. The van der Waals surface area contributed by atoms with Crippen LogP contribution in [0.5, 0.6) is 0 Å². The zero-order valence-electron chi connectivity index (χ0n) is 9.99. The second-order valence-corrected chi connectivity index (χ2v) is 3.75. The number of nitrogens with one attached hydrogen (secondary N) is 2. The van der Waals surface area contributed by atoms with E-state index in [1.807, 2.05) is 13.1 Å². The first-order chi connectivity index (χ1) is 7.74. The molecule has 0 aliphatic heterocycles. The molecule has 0 unspecified atom stereocenters. The average molecular weight is 224 g/mol. The molecule has 1 aromatic heterocycles. The van der Waals surface area contributed by atoms with E-state index in [4.69, 9.17) is 0 Å². The molecule has 0 radical (unpaired) electrons. The third-order valence-electron chi connectivity index (χ3n) is 2.37. The Morgan fingerprint density at radius 3 is 3.00 bits per heavy atom. The molecule has 0 atom stereocenters. The molecule has 90 valence electrons. The second-order valence-electron chi connectivity index (χ2n) is 3.75. The van der Waals surface area contributed by atoms with Gasteiger partial charge in [0, 0.05) is 26.3 Å². The molecule has 2 N–H and O–H groups in total. The van der Waals surface area contributed by atoms with Gasteiger partial charge in [-0.2, -0.15) is 5.10 Å². The average Bonchev–Trinajstić information content (AvgIpc) is 2.65. The zero-order chi connectivity index (χ0) is 11.8. The minimum Gasteiger partial charge on any atom is -0.355 e. The summed E-state index contributed by atoms with van der Waals surface area (Å²) >= 11 is 0. The number of nitrogens with zero attached hydrogens (tertiary/aromatic N) is 2. The summed E-state index contributed by atoms with van der Waals surface area (Å²) in [6.07, 6.45) is 3.88. The van der Waals surface area contributed by atoms with E-state index < -0.39 is 0 Å². The number of carbonyl (C=O) groups is 1. The van der Waals surface area contributed by atoms with E-state index in [1.54, 1.807) is 10.9 Å². The van der Waals surface area contributed by atoms with Crippen molar-refractivity contribution in [3.05, 3.63) is 18.0 Å². The molecule has 16 heavy (non-hydrogen) atoms. The Hall–Kier alpha value is -1.36. The Morgan fingerprint density at radius 2 is 2.38 bits per heavy atom. The predicted molar refractivity (Wildman–Crippen MR) is 62.8 cm³/mol. The number of carbonyl (C=O) groups excluding carboxylic acids is 1. The Morgan fingerprint density at radius 1 is 1.56 bits per heavy atom. The standard InChI is InChI=1S/C11H20N4O/c1-3-4-6-13-11(16)9-12-8-10-5-7-14-15(10)2/h5,7,12H,3-4,6,8-9H2,1-2H3,(H,13,16). The van der Waals surface area contributed by atoms with Gasteiger partial charge in [0.2, 0.25) is 5.91 Å². The maximum atomic E-state index is 11.3. The lowest BCUT2D eigenvalue weighted by Crippen LogP contribution is -2.34. The van der Waals surface area contributed by atoms with Crippen molar-refractivity contribution in [2.45, 2.75) is 26.3 Å². The molecular formula is C11H20N4O. The van der Waals surface area contributed by atoms with Crippen molar-refractivity contribution in [2.75, 3.05) is 13.1 Å². The number of aryl methyl sites for hydroxylation is 1. The molecule has 0 aliphatic rings. The maximum absolute atomic E-state index is 11.3. The van der Waals surface area contributed by atoms with Crippen LogP contribution in [0.4, 0.5) is 0 Å². The fourth-order valence-electron chi connectivity index (χ4n) is 1.35. The van der Waals surface area contributed by atoms with Gasteiger partial charge in [-0.3, -0.25) is 9.48 Å². The van der Waals surface area contributed by atoms with Crippen molar-refractivity contribution in [1.29, 1.82) is 0 Å². The van der Waals surface area contributed by atoms with Gasteiger partial charge < -0.3 is 10.6 Å². The normalized spacial score (nSPS) is 10.4. The molecule has 1 rings (SSSR count). The van der Waals surface area contributed by atoms with Crippen molar-refractivity contribution >= 4 is 5.91 Å². The first-order valence-electron chi connectivity index (χ1n) is 5.68. The van der Waals surface area contributed by atoms with Gasteiger partial charge in [0.1, 0.15) is 0 Å². The van der Waals surface area contributed by atoms with E-state index in [9.17, 15) is 4.79 Å². The fraction of sp³-hybridized carbons (Fsp3) is 0.636. The molecule has 1 amide bonds. The fourth-order valence-corrected chi connectivity index (χ4v) is 1.35. The third kappa shape index (κ3) is 4.44. The first-order valence-corrected chi connectivity index (χ1v) is 5.68. The van der Waals surface area contributed by atoms with E-state index in [2.05, 4.69) is 22.7 Å². The number of hydrogen-bond acceptors (Lipinski definition) is 3. The smallest absolute Gasteiger partial charge is 0.233 e. The van der Waals surface area contributed by atoms with Gasteiger partial charge in [-0.05, 0) is 12.5 Å². The first kappa shape index (κ1) is 12.7.